The number of halogens is 1. The number of nitrogens with zero attached hydrogens (tertiary/aromatic N) is 1. The zero-order valence-electron chi connectivity index (χ0n) is 8.07. The second-order valence-electron chi connectivity index (χ2n) is 3.18. The Morgan fingerprint density at radius 3 is 2.60 bits per heavy atom. The van der Waals surface area contributed by atoms with Crippen molar-refractivity contribution in [2.75, 3.05) is 6.54 Å². The summed E-state index contributed by atoms with van der Waals surface area (Å²) in [5.41, 5.74) is 1.14. The molecule has 0 saturated heterocycles. The Morgan fingerprint density at radius 1 is 1.47 bits per heavy atom. The smallest absolute Gasteiger partial charge is 0.240 e. The lowest BCUT2D eigenvalue weighted by molar-refractivity contribution is 0.199. The molecule has 0 amide bonds. The third kappa shape index (κ3) is 3.82. The zero-order chi connectivity index (χ0) is 11.3. The lowest BCUT2D eigenvalue weighted by Gasteiger charge is -2.06. The van der Waals surface area contributed by atoms with Gasteiger partial charge in [-0.1, -0.05) is 28.1 Å². The number of rotatable bonds is 4. The Hall–Kier alpha value is -1.18. The molecule has 2 N–H and O–H groups in total. The Bertz CT molecular complexity index is 381. The highest BCUT2D eigenvalue weighted by atomic mass is 79.9. The molecule has 78 valence electrons. The fourth-order valence-corrected chi connectivity index (χ4v) is 1.44. The van der Waals surface area contributed by atoms with Crippen LogP contribution in [0, 0.1) is 12.0 Å². The van der Waals surface area contributed by atoms with Gasteiger partial charge in [0.05, 0.1) is 0 Å². The molecule has 0 heterocycles. The van der Waals surface area contributed by atoms with E-state index in [-0.39, 0.29) is 13.0 Å². The van der Waals surface area contributed by atoms with Crippen molar-refractivity contribution in [3.05, 3.63) is 45.7 Å². The molecule has 0 spiro atoms. The van der Waals surface area contributed by atoms with Crippen molar-refractivity contribution in [3.8, 4) is 0 Å². The van der Waals surface area contributed by atoms with E-state index in [9.17, 15) is 5.11 Å². The Balaban J connectivity index is 2.62. The molecule has 0 fully saturated rings. The van der Waals surface area contributed by atoms with Gasteiger partial charge in [-0.15, -0.1) is 0 Å². The van der Waals surface area contributed by atoms with Gasteiger partial charge < -0.3 is 15.4 Å². The summed E-state index contributed by atoms with van der Waals surface area (Å²) in [7, 11) is 0. The maximum atomic E-state index is 9.37. The van der Waals surface area contributed by atoms with E-state index in [1.807, 2.05) is 24.3 Å². The van der Waals surface area contributed by atoms with Crippen LogP contribution in [-0.4, -0.2) is 23.5 Å². The van der Waals surface area contributed by atoms with Crippen molar-refractivity contribution < 1.29 is 5.11 Å². The van der Waals surface area contributed by atoms with Crippen LogP contribution in [-0.2, 0) is 0 Å². The second kappa shape index (κ2) is 5.64. The molecular weight excluding hydrogens is 256 g/mol. The molecule has 0 aromatic heterocycles. The van der Waals surface area contributed by atoms with E-state index in [2.05, 4.69) is 20.8 Å². The minimum absolute atomic E-state index is 0.0545. The molecule has 1 aromatic carbocycles. The number of hydrogen-bond acceptors (Lipinski definition) is 2. The van der Waals surface area contributed by atoms with Gasteiger partial charge in [0, 0.05) is 16.6 Å². The van der Waals surface area contributed by atoms with E-state index in [1.165, 1.54) is 0 Å². The van der Waals surface area contributed by atoms with Crippen molar-refractivity contribution in [3.63, 3.8) is 0 Å². The summed E-state index contributed by atoms with van der Waals surface area (Å²) in [5.74, 6) is 0. The van der Waals surface area contributed by atoms with E-state index in [0.29, 0.717) is 5.71 Å². The molecule has 0 unspecified atom stereocenters. The predicted molar refractivity (Wildman–Crippen MR) is 63.1 cm³/mol. The highest BCUT2D eigenvalue weighted by molar-refractivity contribution is 9.10. The van der Waals surface area contributed by atoms with E-state index in [0.717, 1.165) is 10.0 Å². The first-order valence-corrected chi connectivity index (χ1v) is 5.27. The minimum atomic E-state index is -0.737. The summed E-state index contributed by atoms with van der Waals surface area (Å²) < 4.78 is 0.959. The summed E-state index contributed by atoms with van der Waals surface area (Å²) >= 11 is 3.31. The average Bonchev–Trinajstić information content (AvgIpc) is 2.18. The summed E-state index contributed by atoms with van der Waals surface area (Å²) in [6, 6.07) is 7.34. The first-order valence-electron chi connectivity index (χ1n) is 4.48. The average molecular weight is 267 g/mol. The maximum Gasteiger partial charge on any atom is 0.240 e. The highest BCUT2D eigenvalue weighted by Crippen LogP contribution is 2.12. The van der Waals surface area contributed by atoms with Gasteiger partial charge in [-0.05, 0) is 17.7 Å². The van der Waals surface area contributed by atoms with E-state index < -0.39 is 6.10 Å². The van der Waals surface area contributed by atoms with Gasteiger partial charge in [-0.3, -0.25) is 0 Å². The zero-order valence-corrected chi connectivity index (χ0v) is 9.66. The Kier molecular flexibility index (Phi) is 4.47. The molecule has 0 aliphatic rings. The van der Waals surface area contributed by atoms with E-state index in [1.54, 1.807) is 0 Å². The van der Waals surface area contributed by atoms with Crippen LogP contribution < -0.4 is 0 Å². The van der Waals surface area contributed by atoms with Crippen LogP contribution in [0.3, 0.4) is 0 Å². The predicted octanol–water partition coefficient (Wildman–Crippen LogP) is 2.49. The van der Waals surface area contributed by atoms with Gasteiger partial charge in [-0.2, -0.15) is 0 Å². The number of aliphatic hydroxyl groups is 1. The largest absolute Gasteiger partial charge is 0.385 e. The molecule has 0 bridgehead atoms. The first kappa shape index (κ1) is 11.9. The van der Waals surface area contributed by atoms with Crippen molar-refractivity contribution in [2.24, 2.45) is 0 Å². The lowest BCUT2D eigenvalue weighted by Crippen LogP contribution is -2.15. The van der Waals surface area contributed by atoms with Gasteiger partial charge in [-0.25, -0.2) is 6.57 Å². The van der Waals surface area contributed by atoms with Crippen LogP contribution in [0.4, 0.5) is 0 Å². The second-order valence-corrected chi connectivity index (χ2v) is 4.10. The van der Waals surface area contributed by atoms with Crippen LogP contribution in [0.5, 0.6) is 0 Å². The monoisotopic (exact) mass is 266 g/mol. The van der Waals surface area contributed by atoms with Crippen LogP contribution in [0.1, 0.15) is 12.0 Å². The Morgan fingerprint density at radius 2 is 2.07 bits per heavy atom. The molecule has 1 atom stereocenters. The molecule has 15 heavy (non-hydrogen) atoms. The number of hydrogen-bond donors (Lipinski definition) is 2. The quantitative estimate of drug-likeness (QED) is 0.639. The fraction of sp³-hybridized carbons (Fsp3) is 0.273. The SMILES string of the molecule is [C-]#[N+]C[C@H](O)CC(=N)c1ccc(Br)cc1. The van der Waals surface area contributed by atoms with Gasteiger partial charge in [0.2, 0.25) is 6.54 Å². The molecule has 0 aliphatic heterocycles. The van der Waals surface area contributed by atoms with Crippen LogP contribution in [0.2, 0.25) is 0 Å². The molecule has 0 radical (unpaired) electrons. The molecule has 1 aromatic rings. The number of aliphatic hydroxyl groups excluding tert-OH is 1. The standard InChI is InChI=1S/C11H11BrN2O/c1-14-7-10(15)6-11(13)8-2-4-9(12)5-3-8/h2-5,10,13,15H,6-7H2/t10-/m1/s1. The molecule has 4 heteroatoms. The molecule has 0 aliphatic carbocycles. The van der Waals surface area contributed by atoms with E-state index in [4.69, 9.17) is 12.0 Å². The van der Waals surface area contributed by atoms with Crippen LogP contribution >= 0.6 is 15.9 Å². The molecular formula is C11H11BrN2O. The van der Waals surface area contributed by atoms with Crippen molar-refractivity contribution >= 4 is 21.6 Å². The topological polar surface area (TPSA) is 48.4 Å². The third-order valence-corrected chi connectivity index (χ3v) is 2.46. The molecule has 0 saturated carbocycles. The summed E-state index contributed by atoms with van der Waals surface area (Å²) in [6.07, 6.45) is -0.511. The van der Waals surface area contributed by atoms with Gasteiger partial charge in [0.25, 0.3) is 0 Å². The Labute approximate surface area is 97.2 Å². The molecule has 1 rings (SSSR count). The van der Waals surface area contributed by atoms with Gasteiger partial charge in [0.15, 0.2) is 0 Å². The third-order valence-electron chi connectivity index (χ3n) is 1.93. The normalized spacial score (nSPS) is 11.8. The highest BCUT2D eigenvalue weighted by Gasteiger charge is 2.11. The minimum Gasteiger partial charge on any atom is -0.385 e. The van der Waals surface area contributed by atoms with Gasteiger partial charge >= 0.3 is 0 Å². The number of nitrogens with one attached hydrogen (secondary N) is 1. The van der Waals surface area contributed by atoms with Crippen LogP contribution in [0.15, 0.2) is 28.7 Å². The van der Waals surface area contributed by atoms with Crippen molar-refractivity contribution in [1.82, 2.24) is 0 Å². The molecule has 3 nitrogen and oxygen atoms in total. The van der Waals surface area contributed by atoms with Gasteiger partial charge in [0.1, 0.15) is 6.10 Å². The first-order chi connectivity index (χ1) is 7.13. The van der Waals surface area contributed by atoms with Crippen molar-refractivity contribution in [2.45, 2.75) is 12.5 Å². The lowest BCUT2D eigenvalue weighted by atomic mass is 10.0. The summed E-state index contributed by atoms with van der Waals surface area (Å²) in [4.78, 5) is 3.09. The van der Waals surface area contributed by atoms with Crippen LogP contribution in [0.25, 0.3) is 4.85 Å². The maximum absolute atomic E-state index is 9.37. The summed E-state index contributed by atoms with van der Waals surface area (Å²) in [5, 5.41) is 17.1. The van der Waals surface area contributed by atoms with Crippen molar-refractivity contribution in [1.29, 1.82) is 5.41 Å². The van der Waals surface area contributed by atoms with E-state index >= 15 is 0 Å². The number of benzene rings is 1. The fourth-order valence-electron chi connectivity index (χ4n) is 1.17. The summed E-state index contributed by atoms with van der Waals surface area (Å²) in [6.45, 7) is 6.65.